The topological polar surface area (TPSA) is 102 Å². The van der Waals surface area contributed by atoms with Gasteiger partial charge in [0, 0.05) is 69.0 Å². The van der Waals surface area contributed by atoms with Gasteiger partial charge >= 0.3 is 0 Å². The van der Waals surface area contributed by atoms with Gasteiger partial charge < -0.3 is 19.5 Å². The van der Waals surface area contributed by atoms with E-state index in [0.717, 1.165) is 42.8 Å². The maximum absolute atomic E-state index is 12.8. The van der Waals surface area contributed by atoms with Crippen LogP contribution >= 0.6 is 0 Å². The van der Waals surface area contributed by atoms with E-state index in [1.165, 1.54) is 11.1 Å². The fourth-order valence-electron chi connectivity index (χ4n) is 4.68. The number of aliphatic hydroxyl groups excluding tert-OH is 1. The van der Waals surface area contributed by atoms with Gasteiger partial charge in [-0.3, -0.25) is 0 Å². The number of anilines is 1. The number of hydrogen-bond acceptors (Lipinski definition) is 6. The molecule has 1 unspecified atom stereocenters. The zero-order valence-corrected chi connectivity index (χ0v) is 22.7. The zero-order valence-electron chi connectivity index (χ0n) is 21.9. The first-order chi connectivity index (χ1) is 17.6. The minimum absolute atomic E-state index is 0.0588. The van der Waals surface area contributed by atoms with E-state index >= 15 is 0 Å². The first-order valence-corrected chi connectivity index (χ1v) is 14.0. The number of hydrogen-bond donors (Lipinski definition) is 2. The van der Waals surface area contributed by atoms with Crippen LogP contribution in [-0.4, -0.2) is 69.4 Å². The first-order valence-electron chi connectivity index (χ1n) is 12.5. The van der Waals surface area contributed by atoms with Crippen molar-refractivity contribution in [3.8, 4) is 17.3 Å². The van der Waals surface area contributed by atoms with Crippen LogP contribution in [0, 0.1) is 17.2 Å². The van der Waals surface area contributed by atoms with Crippen LogP contribution in [0.5, 0.6) is 0 Å². The van der Waals surface area contributed by atoms with Crippen molar-refractivity contribution in [2.24, 2.45) is 13.0 Å². The van der Waals surface area contributed by atoms with Gasteiger partial charge in [0.25, 0.3) is 10.0 Å². The summed E-state index contributed by atoms with van der Waals surface area (Å²) in [5.41, 5.74) is 4.20. The zero-order chi connectivity index (χ0) is 26.7. The Morgan fingerprint density at radius 3 is 2.41 bits per heavy atom. The van der Waals surface area contributed by atoms with E-state index in [1.54, 1.807) is 13.8 Å². The van der Waals surface area contributed by atoms with Gasteiger partial charge in [-0.05, 0) is 66.6 Å². The SMILES string of the molecule is C/C(=C(/C#N)S(=O)(=O)NCC(C)CO)c1ccc(-c2ccc3cc(N4CCN(C)CC4)ccc3c2)n1C. The minimum atomic E-state index is -4.01. The second kappa shape index (κ2) is 11.1. The number of piperazine rings is 1. The van der Waals surface area contributed by atoms with Gasteiger partial charge in [-0.25, -0.2) is 13.1 Å². The highest BCUT2D eigenvalue weighted by Crippen LogP contribution is 2.31. The van der Waals surface area contributed by atoms with Gasteiger partial charge in [0.15, 0.2) is 4.91 Å². The molecular formula is C28H35N5O3S. The van der Waals surface area contributed by atoms with Gasteiger partial charge in [0.05, 0.1) is 0 Å². The van der Waals surface area contributed by atoms with Crippen LogP contribution in [0.1, 0.15) is 19.5 Å². The molecule has 1 aliphatic rings. The molecule has 4 rings (SSSR count). The van der Waals surface area contributed by atoms with Gasteiger partial charge in [-0.2, -0.15) is 5.26 Å². The number of nitrogens with one attached hydrogen (secondary N) is 1. The molecular weight excluding hydrogens is 486 g/mol. The van der Waals surface area contributed by atoms with Crippen LogP contribution < -0.4 is 9.62 Å². The Morgan fingerprint density at radius 2 is 1.73 bits per heavy atom. The van der Waals surface area contributed by atoms with Crippen molar-refractivity contribution in [2.75, 3.05) is 51.3 Å². The summed E-state index contributed by atoms with van der Waals surface area (Å²) in [5.74, 6) is -0.248. The number of likely N-dealkylation sites (N-methyl/N-ethyl adjacent to an activating group) is 1. The minimum Gasteiger partial charge on any atom is -0.396 e. The molecule has 2 heterocycles. The number of fused-ring (bicyclic) bond motifs is 1. The molecule has 2 aromatic carbocycles. The van der Waals surface area contributed by atoms with Gasteiger partial charge in [-0.15, -0.1) is 0 Å². The lowest BCUT2D eigenvalue weighted by molar-refractivity contribution is 0.239. The fraction of sp³-hybridized carbons (Fsp3) is 0.393. The lowest BCUT2D eigenvalue weighted by Crippen LogP contribution is -2.44. The van der Waals surface area contributed by atoms with E-state index in [0.29, 0.717) is 11.3 Å². The molecule has 1 atom stereocenters. The Kier molecular flexibility index (Phi) is 8.05. The van der Waals surface area contributed by atoms with E-state index in [-0.39, 0.29) is 24.0 Å². The summed E-state index contributed by atoms with van der Waals surface area (Å²) < 4.78 is 30.0. The van der Waals surface area contributed by atoms with Crippen molar-refractivity contribution in [3.63, 3.8) is 0 Å². The fourth-order valence-corrected chi connectivity index (χ4v) is 5.96. The Bertz CT molecular complexity index is 1460. The maximum atomic E-state index is 12.8. The molecule has 196 valence electrons. The molecule has 0 spiro atoms. The van der Waals surface area contributed by atoms with E-state index in [1.807, 2.05) is 29.8 Å². The summed E-state index contributed by atoms with van der Waals surface area (Å²) in [6.45, 7) is 7.46. The summed E-state index contributed by atoms with van der Waals surface area (Å²) in [5, 5.41) is 21.2. The maximum Gasteiger partial charge on any atom is 0.251 e. The third-order valence-electron chi connectivity index (χ3n) is 7.14. The molecule has 0 amide bonds. The third kappa shape index (κ3) is 5.73. The number of aliphatic hydroxyl groups is 1. The predicted molar refractivity (Wildman–Crippen MR) is 149 cm³/mol. The van der Waals surface area contributed by atoms with Crippen LogP contribution in [0.4, 0.5) is 5.69 Å². The average Bonchev–Trinajstić information content (AvgIpc) is 3.28. The Labute approximate surface area is 219 Å². The van der Waals surface area contributed by atoms with E-state index in [2.05, 4.69) is 58.0 Å². The van der Waals surface area contributed by atoms with E-state index in [4.69, 9.17) is 0 Å². The number of rotatable bonds is 8. The number of allylic oxidation sites excluding steroid dienone is 2. The molecule has 3 aromatic rings. The van der Waals surface area contributed by atoms with Gasteiger partial charge in [0.1, 0.15) is 6.07 Å². The Balaban J connectivity index is 1.62. The summed E-state index contributed by atoms with van der Waals surface area (Å²) >= 11 is 0. The lowest BCUT2D eigenvalue weighted by atomic mass is 10.0. The number of nitriles is 1. The van der Waals surface area contributed by atoms with Crippen molar-refractivity contribution in [1.82, 2.24) is 14.2 Å². The van der Waals surface area contributed by atoms with E-state index < -0.39 is 10.0 Å². The third-order valence-corrected chi connectivity index (χ3v) is 8.62. The molecule has 1 aliphatic heterocycles. The molecule has 1 saturated heterocycles. The van der Waals surface area contributed by atoms with Crippen LogP contribution in [0.2, 0.25) is 0 Å². The largest absolute Gasteiger partial charge is 0.396 e. The molecule has 0 aliphatic carbocycles. The first kappa shape index (κ1) is 26.9. The highest BCUT2D eigenvalue weighted by molar-refractivity contribution is 7.93. The number of sulfonamides is 1. The molecule has 2 N–H and O–H groups in total. The van der Waals surface area contributed by atoms with Crippen molar-refractivity contribution in [2.45, 2.75) is 13.8 Å². The van der Waals surface area contributed by atoms with Crippen molar-refractivity contribution < 1.29 is 13.5 Å². The number of benzene rings is 2. The summed E-state index contributed by atoms with van der Waals surface area (Å²) in [6, 6.07) is 18.6. The normalized spacial score (nSPS) is 16.5. The second-order valence-electron chi connectivity index (χ2n) is 9.90. The standard InChI is InChI=1S/C28H35N5O3S/c1-20(19-34)18-30-37(35,36)28(17-29)21(2)26-9-10-27(32(26)4)24-6-5-23-16-25(8-7-22(23)15-24)33-13-11-31(3)12-14-33/h5-10,15-16,20,30,34H,11-14,18-19H2,1-4H3/b28-21+. The molecule has 1 fully saturated rings. The van der Waals surface area contributed by atoms with Gasteiger partial charge in [-0.1, -0.05) is 25.1 Å². The Morgan fingerprint density at radius 1 is 1.05 bits per heavy atom. The predicted octanol–water partition coefficient (Wildman–Crippen LogP) is 3.40. The lowest BCUT2D eigenvalue weighted by Gasteiger charge is -2.34. The monoisotopic (exact) mass is 521 g/mol. The second-order valence-corrected chi connectivity index (χ2v) is 11.6. The van der Waals surface area contributed by atoms with Crippen molar-refractivity contribution in [3.05, 3.63) is 59.1 Å². The number of nitrogens with zero attached hydrogens (tertiary/aromatic N) is 4. The highest BCUT2D eigenvalue weighted by Gasteiger charge is 2.23. The molecule has 1 aromatic heterocycles. The molecule has 8 nitrogen and oxygen atoms in total. The van der Waals surface area contributed by atoms with Crippen LogP contribution in [0.3, 0.4) is 0 Å². The molecule has 0 saturated carbocycles. The van der Waals surface area contributed by atoms with Crippen molar-refractivity contribution in [1.29, 1.82) is 5.26 Å². The Hall–Kier alpha value is -3.16. The smallest absolute Gasteiger partial charge is 0.251 e. The quantitative estimate of drug-likeness (QED) is 0.441. The molecule has 0 radical (unpaired) electrons. The number of aromatic nitrogens is 1. The molecule has 0 bridgehead atoms. The average molecular weight is 522 g/mol. The summed E-state index contributed by atoms with van der Waals surface area (Å²) in [6.07, 6.45) is 0. The summed E-state index contributed by atoms with van der Waals surface area (Å²) in [4.78, 5) is 4.45. The summed E-state index contributed by atoms with van der Waals surface area (Å²) in [7, 11) is 0.0226. The van der Waals surface area contributed by atoms with E-state index in [9.17, 15) is 18.8 Å². The van der Waals surface area contributed by atoms with Crippen LogP contribution in [0.25, 0.3) is 27.6 Å². The molecule has 9 heteroatoms. The van der Waals surface area contributed by atoms with Crippen molar-refractivity contribution >= 4 is 32.1 Å². The van der Waals surface area contributed by atoms with Gasteiger partial charge in [0.2, 0.25) is 0 Å². The van der Waals surface area contributed by atoms with Crippen LogP contribution in [0.15, 0.2) is 53.4 Å². The van der Waals surface area contributed by atoms with Crippen LogP contribution in [-0.2, 0) is 17.1 Å². The highest BCUT2D eigenvalue weighted by atomic mass is 32.2. The molecule has 37 heavy (non-hydrogen) atoms.